The fraction of sp³-hybridized carbons (Fsp3) is 0.0833. The van der Waals surface area contributed by atoms with Crippen LogP contribution >= 0.6 is 0 Å². The second-order valence-corrected chi connectivity index (χ2v) is 3.47. The van der Waals surface area contributed by atoms with Crippen LogP contribution < -0.4 is 15.0 Å². The third kappa shape index (κ3) is 1.35. The molecule has 3 rings (SSSR count). The van der Waals surface area contributed by atoms with Gasteiger partial charge in [0.2, 0.25) is 0 Å². The van der Waals surface area contributed by atoms with Crippen molar-refractivity contribution >= 4 is 0 Å². The molecular weight excluding hydrogens is 206 g/mol. The number of benzene rings is 1. The van der Waals surface area contributed by atoms with Crippen molar-refractivity contribution in [2.45, 2.75) is 6.29 Å². The van der Waals surface area contributed by atoms with Crippen molar-refractivity contribution in [3.8, 4) is 11.5 Å². The van der Waals surface area contributed by atoms with Crippen LogP contribution in [0.25, 0.3) is 0 Å². The standard InChI is InChI=1S/C12H9NO3/c14-11-8(4-3-7-13-11)12-15-9-5-1-2-6-10(9)16-12/h1-7,12H,(H,13,14). The molecular formula is C12H9NO3. The van der Waals surface area contributed by atoms with E-state index in [4.69, 9.17) is 9.47 Å². The van der Waals surface area contributed by atoms with E-state index in [9.17, 15) is 4.79 Å². The number of rotatable bonds is 1. The number of aromatic nitrogens is 1. The van der Waals surface area contributed by atoms with Gasteiger partial charge in [-0.2, -0.15) is 0 Å². The average Bonchev–Trinajstić information content (AvgIpc) is 2.73. The molecule has 16 heavy (non-hydrogen) atoms. The van der Waals surface area contributed by atoms with Gasteiger partial charge in [-0.15, -0.1) is 0 Å². The van der Waals surface area contributed by atoms with E-state index >= 15 is 0 Å². The summed E-state index contributed by atoms with van der Waals surface area (Å²) in [5.41, 5.74) is 0.277. The molecule has 0 atom stereocenters. The molecule has 0 saturated heterocycles. The molecule has 0 bridgehead atoms. The fourth-order valence-corrected chi connectivity index (χ4v) is 1.65. The van der Waals surface area contributed by atoms with E-state index in [1.165, 1.54) is 0 Å². The van der Waals surface area contributed by atoms with Crippen LogP contribution in [0.2, 0.25) is 0 Å². The topological polar surface area (TPSA) is 51.3 Å². The number of H-pyrrole nitrogens is 1. The molecule has 1 aromatic carbocycles. The highest BCUT2D eigenvalue weighted by molar-refractivity contribution is 5.42. The molecule has 1 aliphatic rings. The zero-order valence-electron chi connectivity index (χ0n) is 8.34. The first-order valence-electron chi connectivity index (χ1n) is 4.94. The van der Waals surface area contributed by atoms with E-state index in [0.29, 0.717) is 17.1 Å². The van der Waals surface area contributed by atoms with Gasteiger partial charge in [0.25, 0.3) is 11.8 Å². The van der Waals surface area contributed by atoms with Crippen LogP contribution in [0.3, 0.4) is 0 Å². The van der Waals surface area contributed by atoms with Crippen LogP contribution in [-0.4, -0.2) is 4.98 Å². The Hall–Kier alpha value is -2.23. The van der Waals surface area contributed by atoms with Gasteiger partial charge in [0.15, 0.2) is 11.5 Å². The van der Waals surface area contributed by atoms with Gasteiger partial charge in [-0.1, -0.05) is 12.1 Å². The van der Waals surface area contributed by atoms with Crippen LogP contribution in [0.15, 0.2) is 47.4 Å². The third-order valence-electron chi connectivity index (χ3n) is 2.42. The highest BCUT2D eigenvalue weighted by Crippen LogP contribution is 2.38. The largest absolute Gasteiger partial charge is 0.446 e. The molecule has 4 nitrogen and oxygen atoms in total. The summed E-state index contributed by atoms with van der Waals surface area (Å²) in [7, 11) is 0. The lowest BCUT2D eigenvalue weighted by atomic mass is 10.3. The molecule has 1 N–H and O–H groups in total. The molecule has 2 heterocycles. The van der Waals surface area contributed by atoms with Crippen molar-refractivity contribution in [3.05, 3.63) is 58.5 Å². The SMILES string of the molecule is O=c1[nH]cccc1C1Oc2ccccc2O1. The molecule has 2 aromatic rings. The average molecular weight is 215 g/mol. The Kier molecular flexibility index (Phi) is 1.93. The van der Waals surface area contributed by atoms with E-state index in [2.05, 4.69) is 4.98 Å². The highest BCUT2D eigenvalue weighted by Gasteiger charge is 2.26. The maximum Gasteiger partial charge on any atom is 0.273 e. The third-order valence-corrected chi connectivity index (χ3v) is 2.42. The summed E-state index contributed by atoms with van der Waals surface area (Å²) in [6.07, 6.45) is 0.927. The minimum atomic E-state index is -0.651. The van der Waals surface area contributed by atoms with Gasteiger partial charge >= 0.3 is 0 Å². The Morgan fingerprint density at radius 3 is 2.31 bits per heavy atom. The number of nitrogens with one attached hydrogen (secondary N) is 1. The van der Waals surface area contributed by atoms with Gasteiger partial charge in [-0.05, 0) is 24.3 Å². The molecule has 80 valence electrons. The number of para-hydroxylation sites is 2. The highest BCUT2D eigenvalue weighted by atomic mass is 16.7. The molecule has 0 amide bonds. The zero-order valence-corrected chi connectivity index (χ0v) is 8.34. The Labute approximate surface area is 91.5 Å². The predicted molar refractivity (Wildman–Crippen MR) is 57.5 cm³/mol. The number of fused-ring (bicyclic) bond motifs is 1. The zero-order chi connectivity index (χ0) is 11.0. The Morgan fingerprint density at radius 1 is 1.00 bits per heavy atom. The lowest BCUT2D eigenvalue weighted by molar-refractivity contribution is 0.0474. The monoisotopic (exact) mass is 215 g/mol. The van der Waals surface area contributed by atoms with Gasteiger partial charge in [0.1, 0.15) is 0 Å². The van der Waals surface area contributed by atoms with E-state index in [0.717, 1.165) is 0 Å². The van der Waals surface area contributed by atoms with Crippen molar-refractivity contribution in [2.24, 2.45) is 0 Å². The minimum Gasteiger partial charge on any atom is -0.446 e. The lowest BCUT2D eigenvalue weighted by Crippen LogP contribution is -2.20. The Balaban J connectivity index is 1.98. The maximum atomic E-state index is 11.5. The fourth-order valence-electron chi connectivity index (χ4n) is 1.65. The van der Waals surface area contributed by atoms with E-state index in [1.807, 2.05) is 24.3 Å². The molecule has 0 unspecified atom stereocenters. The summed E-state index contributed by atoms with van der Waals surface area (Å²) in [5, 5.41) is 0. The van der Waals surface area contributed by atoms with Gasteiger partial charge in [-0.25, -0.2) is 0 Å². The maximum absolute atomic E-state index is 11.5. The van der Waals surface area contributed by atoms with Crippen LogP contribution in [-0.2, 0) is 0 Å². The van der Waals surface area contributed by atoms with E-state index in [-0.39, 0.29) is 5.56 Å². The quantitative estimate of drug-likeness (QED) is 0.789. The molecule has 0 spiro atoms. The second-order valence-electron chi connectivity index (χ2n) is 3.47. The van der Waals surface area contributed by atoms with Crippen molar-refractivity contribution in [1.82, 2.24) is 4.98 Å². The smallest absolute Gasteiger partial charge is 0.273 e. The number of aromatic amines is 1. The van der Waals surface area contributed by atoms with Crippen molar-refractivity contribution < 1.29 is 9.47 Å². The number of hydrogen-bond donors (Lipinski definition) is 1. The molecule has 0 fully saturated rings. The van der Waals surface area contributed by atoms with Crippen molar-refractivity contribution in [2.75, 3.05) is 0 Å². The van der Waals surface area contributed by atoms with Gasteiger partial charge in [0.05, 0.1) is 5.56 Å². The lowest BCUT2D eigenvalue weighted by Gasteiger charge is -2.08. The van der Waals surface area contributed by atoms with Crippen LogP contribution in [0.4, 0.5) is 0 Å². The van der Waals surface area contributed by atoms with Crippen molar-refractivity contribution in [1.29, 1.82) is 0 Å². The van der Waals surface area contributed by atoms with Crippen LogP contribution in [0, 0.1) is 0 Å². The van der Waals surface area contributed by atoms with Crippen molar-refractivity contribution in [3.63, 3.8) is 0 Å². The summed E-state index contributed by atoms with van der Waals surface area (Å²) in [6.45, 7) is 0. The van der Waals surface area contributed by atoms with Gasteiger partial charge in [-0.3, -0.25) is 4.79 Å². The molecule has 0 saturated carbocycles. The first-order valence-corrected chi connectivity index (χ1v) is 4.94. The molecule has 1 aromatic heterocycles. The predicted octanol–water partition coefficient (Wildman–Crippen LogP) is 1.84. The summed E-state index contributed by atoms with van der Waals surface area (Å²) < 4.78 is 11.1. The summed E-state index contributed by atoms with van der Waals surface area (Å²) in [4.78, 5) is 14.1. The molecule has 0 radical (unpaired) electrons. The van der Waals surface area contributed by atoms with Crippen LogP contribution in [0.5, 0.6) is 11.5 Å². The van der Waals surface area contributed by atoms with Gasteiger partial charge in [0, 0.05) is 6.20 Å². The molecule has 1 aliphatic heterocycles. The normalized spacial score (nSPS) is 14.0. The first-order chi connectivity index (χ1) is 7.84. The number of hydrogen-bond acceptors (Lipinski definition) is 3. The summed E-state index contributed by atoms with van der Waals surface area (Å²) >= 11 is 0. The first kappa shape index (κ1) is 9.03. The molecule has 0 aliphatic carbocycles. The Bertz CT molecular complexity index is 551. The number of ether oxygens (including phenoxy) is 2. The van der Waals surface area contributed by atoms with E-state index < -0.39 is 6.29 Å². The number of pyridine rings is 1. The Morgan fingerprint density at radius 2 is 1.69 bits per heavy atom. The van der Waals surface area contributed by atoms with E-state index in [1.54, 1.807) is 18.3 Å². The van der Waals surface area contributed by atoms with Gasteiger partial charge < -0.3 is 14.5 Å². The summed E-state index contributed by atoms with van der Waals surface area (Å²) in [6, 6.07) is 10.8. The van der Waals surface area contributed by atoms with Crippen LogP contribution in [0.1, 0.15) is 11.9 Å². The minimum absolute atomic E-state index is 0.194. The second kappa shape index (κ2) is 3.41. The molecule has 4 heteroatoms. The summed E-state index contributed by atoms with van der Waals surface area (Å²) in [5.74, 6) is 1.33.